The number of piperidine rings is 1. The van der Waals surface area contributed by atoms with Gasteiger partial charge in [0.15, 0.2) is 0 Å². The number of aryl methyl sites for hydroxylation is 3. The van der Waals surface area contributed by atoms with Crippen molar-refractivity contribution in [3.63, 3.8) is 0 Å². The van der Waals surface area contributed by atoms with Crippen LogP contribution in [-0.4, -0.2) is 33.0 Å². The summed E-state index contributed by atoms with van der Waals surface area (Å²) >= 11 is 0. The van der Waals surface area contributed by atoms with Crippen LogP contribution in [0.3, 0.4) is 0 Å². The molecule has 5 heteroatoms. The Labute approximate surface area is 143 Å². The third-order valence-electron chi connectivity index (χ3n) is 5.45. The van der Waals surface area contributed by atoms with Crippen LogP contribution in [0.15, 0.2) is 18.6 Å². The lowest BCUT2D eigenvalue weighted by Gasteiger charge is -2.40. The maximum absolute atomic E-state index is 4.82. The van der Waals surface area contributed by atoms with Crippen molar-refractivity contribution in [2.24, 2.45) is 0 Å². The number of nitrogens with zero attached hydrogens (tertiary/aromatic N) is 5. The van der Waals surface area contributed by atoms with E-state index in [9.17, 15) is 0 Å². The standard InChI is InChI=1S/C19H25N5/c1-3-5-15-10-21-18(22-11-15)24-9-4-7-19(13-24)8-6-16-12-20-14(2)23-17(16)19/h10-12H,3-9,13H2,1-2H3. The van der Waals surface area contributed by atoms with Crippen LogP contribution in [0.4, 0.5) is 5.95 Å². The molecule has 1 fully saturated rings. The monoisotopic (exact) mass is 323 g/mol. The highest BCUT2D eigenvalue weighted by Gasteiger charge is 2.44. The SMILES string of the molecule is CCCc1cnc(N2CCCC3(CCc4cnc(C)nc43)C2)nc1. The summed E-state index contributed by atoms with van der Waals surface area (Å²) in [5.41, 5.74) is 4.00. The van der Waals surface area contributed by atoms with Crippen LogP contribution >= 0.6 is 0 Å². The number of rotatable bonds is 3. The van der Waals surface area contributed by atoms with Crippen LogP contribution in [0.1, 0.15) is 55.3 Å². The second-order valence-corrected chi connectivity index (χ2v) is 7.24. The average molecular weight is 323 g/mol. The molecule has 0 saturated carbocycles. The first-order valence-electron chi connectivity index (χ1n) is 9.09. The lowest BCUT2D eigenvalue weighted by atomic mass is 9.77. The topological polar surface area (TPSA) is 54.8 Å². The molecule has 0 N–H and O–H groups in total. The maximum atomic E-state index is 4.82. The zero-order chi connectivity index (χ0) is 16.6. The van der Waals surface area contributed by atoms with E-state index in [4.69, 9.17) is 4.98 Å². The van der Waals surface area contributed by atoms with Gasteiger partial charge < -0.3 is 4.90 Å². The van der Waals surface area contributed by atoms with Crippen molar-refractivity contribution in [3.05, 3.63) is 41.2 Å². The molecule has 1 aliphatic carbocycles. The molecule has 4 rings (SSSR count). The van der Waals surface area contributed by atoms with Crippen molar-refractivity contribution in [2.75, 3.05) is 18.0 Å². The van der Waals surface area contributed by atoms with E-state index in [0.717, 1.165) is 44.1 Å². The van der Waals surface area contributed by atoms with Crippen LogP contribution in [0.25, 0.3) is 0 Å². The van der Waals surface area contributed by atoms with Crippen LogP contribution < -0.4 is 4.90 Å². The first-order chi connectivity index (χ1) is 11.7. The van der Waals surface area contributed by atoms with Gasteiger partial charge in [0.25, 0.3) is 0 Å². The van der Waals surface area contributed by atoms with Gasteiger partial charge in [-0.2, -0.15) is 0 Å². The largest absolute Gasteiger partial charge is 0.340 e. The summed E-state index contributed by atoms with van der Waals surface area (Å²) in [4.78, 5) is 20.8. The lowest BCUT2D eigenvalue weighted by Crippen LogP contribution is -2.46. The van der Waals surface area contributed by atoms with Crippen LogP contribution in [0, 0.1) is 6.92 Å². The van der Waals surface area contributed by atoms with Gasteiger partial charge in [-0.3, -0.25) is 0 Å². The molecular weight excluding hydrogens is 298 g/mol. The van der Waals surface area contributed by atoms with E-state index in [1.807, 2.05) is 25.5 Å². The van der Waals surface area contributed by atoms with Crippen molar-refractivity contribution in [2.45, 2.75) is 57.8 Å². The maximum Gasteiger partial charge on any atom is 0.225 e. The van der Waals surface area contributed by atoms with E-state index < -0.39 is 0 Å². The Balaban J connectivity index is 1.60. The molecule has 0 amide bonds. The van der Waals surface area contributed by atoms with Crippen LogP contribution in [0.2, 0.25) is 0 Å². The molecule has 0 bridgehead atoms. The normalized spacial score (nSPS) is 22.8. The summed E-state index contributed by atoms with van der Waals surface area (Å²) in [5, 5.41) is 0. The number of hydrogen-bond acceptors (Lipinski definition) is 5. The van der Waals surface area contributed by atoms with Gasteiger partial charge in [0.1, 0.15) is 5.82 Å². The number of anilines is 1. The van der Waals surface area contributed by atoms with Gasteiger partial charge in [-0.15, -0.1) is 0 Å². The van der Waals surface area contributed by atoms with Gasteiger partial charge in [0.05, 0.1) is 5.69 Å². The summed E-state index contributed by atoms with van der Waals surface area (Å²) in [6.07, 6.45) is 12.8. The molecule has 2 aromatic rings. The van der Waals surface area contributed by atoms with E-state index in [-0.39, 0.29) is 5.41 Å². The Morgan fingerprint density at radius 2 is 1.96 bits per heavy atom. The fourth-order valence-electron chi connectivity index (χ4n) is 4.26. The molecule has 2 aliphatic rings. The second kappa shape index (κ2) is 6.11. The second-order valence-electron chi connectivity index (χ2n) is 7.24. The molecule has 2 aromatic heterocycles. The summed E-state index contributed by atoms with van der Waals surface area (Å²) in [7, 11) is 0. The van der Waals surface area contributed by atoms with E-state index >= 15 is 0 Å². The fraction of sp³-hybridized carbons (Fsp3) is 0.579. The minimum absolute atomic E-state index is 0.159. The van der Waals surface area contributed by atoms with E-state index in [0.29, 0.717) is 0 Å². The highest BCUT2D eigenvalue weighted by Crippen LogP contribution is 2.44. The van der Waals surface area contributed by atoms with Gasteiger partial charge in [0.2, 0.25) is 5.95 Å². The molecule has 1 saturated heterocycles. The van der Waals surface area contributed by atoms with Gasteiger partial charge in [-0.25, -0.2) is 19.9 Å². The van der Waals surface area contributed by atoms with Crippen molar-refractivity contribution >= 4 is 5.95 Å². The molecule has 1 aliphatic heterocycles. The van der Waals surface area contributed by atoms with Crippen molar-refractivity contribution in [1.82, 2.24) is 19.9 Å². The van der Waals surface area contributed by atoms with E-state index in [1.54, 1.807) is 0 Å². The van der Waals surface area contributed by atoms with E-state index in [1.165, 1.54) is 36.1 Å². The first-order valence-corrected chi connectivity index (χ1v) is 9.09. The fourth-order valence-corrected chi connectivity index (χ4v) is 4.26. The summed E-state index contributed by atoms with van der Waals surface area (Å²) in [5.74, 6) is 1.75. The van der Waals surface area contributed by atoms with Gasteiger partial charge in [-0.1, -0.05) is 13.3 Å². The highest BCUT2D eigenvalue weighted by atomic mass is 15.3. The van der Waals surface area contributed by atoms with Crippen molar-refractivity contribution in [3.8, 4) is 0 Å². The van der Waals surface area contributed by atoms with Crippen LogP contribution in [-0.2, 0) is 18.3 Å². The number of fused-ring (bicyclic) bond motifs is 2. The molecule has 1 atom stereocenters. The minimum Gasteiger partial charge on any atom is -0.340 e. The Hall–Kier alpha value is -2.04. The van der Waals surface area contributed by atoms with Gasteiger partial charge >= 0.3 is 0 Å². The molecule has 3 heterocycles. The van der Waals surface area contributed by atoms with Crippen molar-refractivity contribution < 1.29 is 0 Å². The van der Waals surface area contributed by atoms with Crippen LogP contribution in [0.5, 0.6) is 0 Å². The molecule has 24 heavy (non-hydrogen) atoms. The molecule has 1 spiro atoms. The summed E-state index contributed by atoms with van der Waals surface area (Å²) in [6, 6.07) is 0. The molecule has 5 nitrogen and oxygen atoms in total. The predicted octanol–water partition coefficient (Wildman–Crippen LogP) is 3.01. The zero-order valence-corrected chi connectivity index (χ0v) is 14.6. The average Bonchev–Trinajstić information content (AvgIpc) is 2.93. The quantitative estimate of drug-likeness (QED) is 0.869. The molecule has 126 valence electrons. The molecular formula is C19H25N5. The number of hydrogen-bond donors (Lipinski definition) is 0. The number of aromatic nitrogens is 4. The smallest absolute Gasteiger partial charge is 0.225 e. The van der Waals surface area contributed by atoms with Gasteiger partial charge in [0, 0.05) is 37.1 Å². The summed E-state index contributed by atoms with van der Waals surface area (Å²) < 4.78 is 0. The lowest BCUT2D eigenvalue weighted by molar-refractivity contribution is 0.331. The van der Waals surface area contributed by atoms with Gasteiger partial charge in [-0.05, 0) is 50.2 Å². The molecule has 1 unspecified atom stereocenters. The summed E-state index contributed by atoms with van der Waals surface area (Å²) in [6.45, 7) is 6.18. The third-order valence-corrected chi connectivity index (χ3v) is 5.45. The Morgan fingerprint density at radius 1 is 1.12 bits per heavy atom. The Morgan fingerprint density at radius 3 is 2.75 bits per heavy atom. The third kappa shape index (κ3) is 2.66. The predicted molar refractivity (Wildman–Crippen MR) is 94.2 cm³/mol. The molecule has 0 radical (unpaired) electrons. The Bertz CT molecular complexity index is 723. The molecule has 0 aromatic carbocycles. The highest BCUT2D eigenvalue weighted by molar-refractivity contribution is 5.40. The zero-order valence-electron chi connectivity index (χ0n) is 14.6. The van der Waals surface area contributed by atoms with E-state index in [2.05, 4.69) is 26.8 Å². The van der Waals surface area contributed by atoms with Crippen molar-refractivity contribution in [1.29, 1.82) is 0 Å². The Kier molecular flexibility index (Phi) is 3.94. The first kappa shape index (κ1) is 15.5. The minimum atomic E-state index is 0.159.